The Labute approximate surface area is 180 Å². The number of benzene rings is 1. The Bertz CT molecular complexity index is 831. The summed E-state index contributed by atoms with van der Waals surface area (Å²) in [6.07, 6.45) is 4.01. The number of carbonyl (C=O) groups excluding carboxylic acids is 1. The molecule has 1 heterocycles. The lowest BCUT2D eigenvalue weighted by molar-refractivity contribution is -0.139. The Morgan fingerprint density at radius 3 is 2.45 bits per heavy atom. The van der Waals surface area contributed by atoms with Crippen molar-refractivity contribution >= 4 is 27.6 Å². The number of hydrogen-bond acceptors (Lipinski definition) is 6. The number of rotatable bonds is 8. The topological polar surface area (TPSA) is 68.2 Å². The molecule has 1 aliphatic heterocycles. The molecule has 1 N–H and O–H groups in total. The number of carbonyl (C=O) groups is 1. The molecule has 0 aromatic heterocycles. The van der Waals surface area contributed by atoms with Crippen molar-refractivity contribution in [2.24, 2.45) is 5.92 Å². The number of methoxy groups -OCH3 is 2. The van der Waals surface area contributed by atoms with Crippen molar-refractivity contribution in [3.05, 3.63) is 52.7 Å². The van der Waals surface area contributed by atoms with E-state index in [0.717, 1.165) is 15.7 Å². The molecule has 6 nitrogen and oxygen atoms in total. The molecule has 0 saturated heterocycles. The first-order valence-corrected chi connectivity index (χ1v) is 10.2. The third kappa shape index (κ3) is 4.85. The van der Waals surface area contributed by atoms with Crippen LogP contribution in [0.2, 0.25) is 0 Å². The zero-order valence-electron chi connectivity index (χ0n) is 17.4. The molecular formula is C22H28BrNO5. The maximum atomic E-state index is 12.4. The second-order valence-electron chi connectivity index (χ2n) is 6.87. The molecule has 1 aromatic rings. The molecule has 1 aromatic carbocycles. The lowest BCUT2D eigenvalue weighted by Gasteiger charge is -2.37. The number of hydrogen-bond donors (Lipinski definition) is 1. The zero-order valence-corrected chi connectivity index (χ0v) is 19.0. The average Bonchev–Trinajstić information content (AvgIpc) is 2.68. The van der Waals surface area contributed by atoms with Gasteiger partial charge in [0, 0.05) is 21.9 Å². The highest BCUT2D eigenvalue weighted by atomic mass is 79.9. The highest BCUT2D eigenvalue weighted by molar-refractivity contribution is 9.10. The van der Waals surface area contributed by atoms with Crippen LogP contribution in [0.1, 0.15) is 26.3 Å². The molecule has 0 radical (unpaired) electrons. The van der Waals surface area contributed by atoms with Crippen molar-refractivity contribution in [1.29, 1.82) is 0 Å². The maximum absolute atomic E-state index is 12.4. The third-order valence-electron chi connectivity index (χ3n) is 4.70. The van der Waals surface area contributed by atoms with Gasteiger partial charge < -0.3 is 24.2 Å². The second kappa shape index (κ2) is 9.98. The van der Waals surface area contributed by atoms with Crippen LogP contribution in [0.15, 0.2) is 47.1 Å². The molecule has 29 heavy (non-hydrogen) atoms. The number of aliphatic hydroxyl groups is 1. The fourth-order valence-electron chi connectivity index (χ4n) is 3.24. The molecule has 158 valence electrons. The Morgan fingerprint density at radius 1 is 1.31 bits per heavy atom. The standard InChI is InChI=1S/C22H28BrNO5/c1-7-17(13(3)4)24-12-15(22(26)29-8-2)19(25)11-18(24)14-9-20(27-5)21(28-6)10-16(14)23/h7,9-13,17,19,25H,1,8H2,2-6H3. The minimum Gasteiger partial charge on any atom is -0.493 e. The minimum absolute atomic E-state index is 0.113. The normalized spacial score (nSPS) is 17.4. The first-order chi connectivity index (χ1) is 13.8. The molecule has 1 aliphatic rings. The van der Waals surface area contributed by atoms with Crippen molar-refractivity contribution in [3.8, 4) is 11.5 Å². The first kappa shape index (κ1) is 23.0. The Hall–Kier alpha value is -2.25. The van der Waals surface area contributed by atoms with E-state index in [9.17, 15) is 9.90 Å². The number of aliphatic hydroxyl groups excluding tert-OH is 1. The number of halogens is 1. The summed E-state index contributed by atoms with van der Waals surface area (Å²) < 4.78 is 16.7. The number of ether oxygens (including phenoxy) is 3. The number of nitrogens with zero attached hydrogens (tertiary/aromatic N) is 1. The van der Waals surface area contributed by atoms with E-state index in [-0.39, 0.29) is 24.1 Å². The first-order valence-electron chi connectivity index (χ1n) is 9.40. The second-order valence-corrected chi connectivity index (χ2v) is 7.72. The summed E-state index contributed by atoms with van der Waals surface area (Å²) in [6.45, 7) is 10.1. The van der Waals surface area contributed by atoms with Crippen LogP contribution in [0.4, 0.5) is 0 Å². The van der Waals surface area contributed by atoms with E-state index < -0.39 is 12.1 Å². The van der Waals surface area contributed by atoms with Gasteiger partial charge in [-0.1, -0.05) is 19.9 Å². The summed E-state index contributed by atoms with van der Waals surface area (Å²) in [5.74, 6) is 0.794. The van der Waals surface area contributed by atoms with E-state index in [1.165, 1.54) is 0 Å². The van der Waals surface area contributed by atoms with E-state index in [1.54, 1.807) is 33.4 Å². The molecule has 0 saturated carbocycles. The average molecular weight is 466 g/mol. The highest BCUT2D eigenvalue weighted by Gasteiger charge is 2.32. The van der Waals surface area contributed by atoms with Gasteiger partial charge in [0.1, 0.15) is 6.10 Å². The zero-order chi connectivity index (χ0) is 21.7. The van der Waals surface area contributed by atoms with E-state index in [4.69, 9.17) is 14.2 Å². The fourth-order valence-corrected chi connectivity index (χ4v) is 3.77. The van der Waals surface area contributed by atoms with Crippen LogP contribution in [0.5, 0.6) is 11.5 Å². The van der Waals surface area contributed by atoms with Crippen molar-refractivity contribution in [2.45, 2.75) is 32.9 Å². The van der Waals surface area contributed by atoms with E-state index in [2.05, 4.69) is 36.4 Å². The van der Waals surface area contributed by atoms with Crippen LogP contribution in [0, 0.1) is 5.92 Å². The molecule has 2 rings (SSSR count). The summed E-state index contributed by atoms with van der Waals surface area (Å²) in [4.78, 5) is 14.3. The predicted molar refractivity (Wildman–Crippen MR) is 117 cm³/mol. The predicted octanol–water partition coefficient (Wildman–Crippen LogP) is 4.14. The Balaban J connectivity index is 2.64. The van der Waals surface area contributed by atoms with Crippen molar-refractivity contribution in [2.75, 3.05) is 20.8 Å². The Kier molecular flexibility index (Phi) is 7.93. The largest absolute Gasteiger partial charge is 0.493 e. The van der Waals surface area contributed by atoms with Crippen LogP contribution in [-0.2, 0) is 9.53 Å². The van der Waals surface area contributed by atoms with E-state index in [0.29, 0.717) is 11.5 Å². The van der Waals surface area contributed by atoms with Crippen LogP contribution >= 0.6 is 15.9 Å². The highest BCUT2D eigenvalue weighted by Crippen LogP contribution is 2.40. The Morgan fingerprint density at radius 2 is 1.93 bits per heavy atom. The monoisotopic (exact) mass is 465 g/mol. The van der Waals surface area contributed by atoms with Gasteiger partial charge in [0.25, 0.3) is 0 Å². The number of esters is 1. The van der Waals surface area contributed by atoms with E-state index in [1.807, 2.05) is 23.1 Å². The van der Waals surface area contributed by atoms with Crippen molar-refractivity contribution < 1.29 is 24.1 Å². The molecule has 2 atom stereocenters. The SMILES string of the molecule is C=CC(C(C)C)N1C=C(C(=O)OCC)C(O)C=C1c1cc(OC)c(OC)cc1Br. The van der Waals surface area contributed by atoms with Gasteiger partial charge >= 0.3 is 5.97 Å². The van der Waals surface area contributed by atoms with Crippen LogP contribution in [0.25, 0.3) is 5.70 Å². The lowest BCUT2D eigenvalue weighted by Crippen LogP contribution is -2.37. The van der Waals surface area contributed by atoms with Gasteiger partial charge in [0.2, 0.25) is 0 Å². The molecule has 0 bridgehead atoms. The molecular weight excluding hydrogens is 438 g/mol. The van der Waals surface area contributed by atoms with Gasteiger partial charge in [-0.05, 0) is 47.0 Å². The van der Waals surface area contributed by atoms with Crippen molar-refractivity contribution in [3.63, 3.8) is 0 Å². The lowest BCUT2D eigenvalue weighted by atomic mass is 9.95. The maximum Gasteiger partial charge on any atom is 0.338 e. The van der Waals surface area contributed by atoms with E-state index >= 15 is 0 Å². The van der Waals surface area contributed by atoms with Gasteiger partial charge in [-0.3, -0.25) is 0 Å². The summed E-state index contributed by atoms with van der Waals surface area (Å²) in [6, 6.07) is 3.53. The van der Waals surface area contributed by atoms with Crippen molar-refractivity contribution in [1.82, 2.24) is 4.90 Å². The summed E-state index contributed by atoms with van der Waals surface area (Å²) in [7, 11) is 3.14. The summed E-state index contributed by atoms with van der Waals surface area (Å²) in [5.41, 5.74) is 1.69. The van der Waals surface area contributed by atoms with Gasteiger partial charge in [0.05, 0.1) is 32.4 Å². The van der Waals surface area contributed by atoms with Gasteiger partial charge in [0.15, 0.2) is 11.5 Å². The van der Waals surface area contributed by atoms with Crippen LogP contribution in [-0.4, -0.2) is 48.9 Å². The van der Waals surface area contributed by atoms with Gasteiger partial charge in [-0.2, -0.15) is 0 Å². The molecule has 0 spiro atoms. The minimum atomic E-state index is -1.10. The molecule has 0 fully saturated rings. The van der Waals surface area contributed by atoms with Gasteiger partial charge in [-0.15, -0.1) is 6.58 Å². The fraction of sp³-hybridized carbons (Fsp3) is 0.409. The molecule has 2 unspecified atom stereocenters. The van der Waals surface area contributed by atoms with Gasteiger partial charge in [-0.25, -0.2) is 4.79 Å². The molecule has 7 heteroatoms. The molecule has 0 amide bonds. The third-order valence-corrected chi connectivity index (χ3v) is 5.35. The van der Waals surface area contributed by atoms with Crippen LogP contribution < -0.4 is 9.47 Å². The summed E-state index contributed by atoms with van der Waals surface area (Å²) >= 11 is 3.59. The quantitative estimate of drug-likeness (QED) is 0.459. The molecule has 0 aliphatic carbocycles. The smallest absolute Gasteiger partial charge is 0.338 e. The van der Waals surface area contributed by atoms with Crippen LogP contribution in [0.3, 0.4) is 0 Å². The summed E-state index contributed by atoms with van der Waals surface area (Å²) in [5, 5.41) is 10.7.